The Kier molecular flexibility index (Phi) is 4.86. The van der Waals surface area contributed by atoms with Gasteiger partial charge in [0.15, 0.2) is 0 Å². The van der Waals surface area contributed by atoms with Gasteiger partial charge in [-0.15, -0.1) is 0 Å². The minimum Gasteiger partial charge on any atom is -0.478 e. The van der Waals surface area contributed by atoms with E-state index in [1.807, 2.05) is 0 Å². The Balaban J connectivity index is 3.94. The fourth-order valence-electron chi connectivity index (χ4n) is 2.03. The maximum absolute atomic E-state index is 14.1. The van der Waals surface area contributed by atoms with Gasteiger partial charge in [-0.1, -0.05) is 6.07 Å². The van der Waals surface area contributed by atoms with Crippen LogP contribution < -0.4 is 0 Å². The molecule has 0 spiro atoms. The standard InChI is InChI=1S/C12H9F7O3S/c1-5-6(9(20)21)3-4-7(8(5)23(2)22)10(13,11(14,15)16)12(17,18)19/h3-4H,1-2H3,(H,20,21)/t23-/m0/s1. The SMILES string of the molecule is Cc1c(C(=O)O)ccc(C(F)(C(F)(F)F)C(F)(F)F)c1[S@](C)=O. The molecule has 0 saturated heterocycles. The van der Waals surface area contributed by atoms with Crippen LogP contribution in [0.1, 0.15) is 21.5 Å². The van der Waals surface area contributed by atoms with Gasteiger partial charge in [0.1, 0.15) is 0 Å². The van der Waals surface area contributed by atoms with Gasteiger partial charge in [-0.05, 0) is 18.6 Å². The molecule has 0 amide bonds. The third kappa shape index (κ3) is 3.06. The Morgan fingerprint density at radius 3 is 1.78 bits per heavy atom. The topological polar surface area (TPSA) is 54.4 Å². The molecule has 130 valence electrons. The summed E-state index contributed by atoms with van der Waals surface area (Å²) in [6.07, 6.45) is -12.0. The van der Waals surface area contributed by atoms with E-state index in [-0.39, 0.29) is 6.07 Å². The number of carbonyl (C=O) groups is 1. The maximum atomic E-state index is 14.1. The van der Waals surface area contributed by atoms with Gasteiger partial charge >= 0.3 is 24.0 Å². The van der Waals surface area contributed by atoms with Crippen LogP contribution in [-0.2, 0) is 16.5 Å². The lowest BCUT2D eigenvalue weighted by Gasteiger charge is -2.32. The van der Waals surface area contributed by atoms with E-state index in [4.69, 9.17) is 5.11 Å². The van der Waals surface area contributed by atoms with Crippen LogP contribution >= 0.6 is 0 Å². The van der Waals surface area contributed by atoms with E-state index in [9.17, 15) is 39.7 Å². The number of hydrogen-bond donors (Lipinski definition) is 1. The van der Waals surface area contributed by atoms with Crippen LogP contribution in [0.3, 0.4) is 0 Å². The molecule has 0 aliphatic carbocycles. The zero-order valence-electron chi connectivity index (χ0n) is 11.5. The summed E-state index contributed by atoms with van der Waals surface area (Å²) < 4.78 is 103. The summed E-state index contributed by atoms with van der Waals surface area (Å²) in [6.45, 7) is 0.858. The molecule has 0 unspecified atom stereocenters. The number of alkyl halides is 7. The van der Waals surface area contributed by atoms with Crippen molar-refractivity contribution in [3.63, 3.8) is 0 Å². The predicted octanol–water partition coefficient (Wildman–Crippen LogP) is 3.72. The minimum absolute atomic E-state index is 0.0498. The van der Waals surface area contributed by atoms with E-state index in [0.717, 1.165) is 13.2 Å². The van der Waals surface area contributed by atoms with E-state index in [0.29, 0.717) is 6.07 Å². The molecule has 1 rings (SSSR count). The monoisotopic (exact) mass is 366 g/mol. The van der Waals surface area contributed by atoms with Gasteiger partial charge in [-0.2, -0.15) is 26.3 Å². The first-order valence-corrected chi connectivity index (χ1v) is 7.25. The highest BCUT2D eigenvalue weighted by Gasteiger charge is 2.74. The van der Waals surface area contributed by atoms with Gasteiger partial charge in [0, 0.05) is 16.7 Å². The van der Waals surface area contributed by atoms with Crippen molar-refractivity contribution < 1.29 is 44.8 Å². The smallest absolute Gasteiger partial charge is 0.435 e. The first-order chi connectivity index (χ1) is 10.2. The van der Waals surface area contributed by atoms with Gasteiger partial charge in [0.2, 0.25) is 0 Å². The molecule has 0 aliphatic heterocycles. The Hall–Kier alpha value is -1.65. The molecular weight excluding hydrogens is 357 g/mol. The molecule has 0 radical (unpaired) electrons. The Labute approximate surface area is 127 Å². The lowest BCUT2D eigenvalue weighted by atomic mass is 9.91. The molecule has 11 heteroatoms. The van der Waals surface area contributed by atoms with Crippen molar-refractivity contribution >= 4 is 16.8 Å². The molecule has 1 atom stereocenters. The summed E-state index contributed by atoms with van der Waals surface area (Å²) in [6, 6.07) is 0.462. The number of benzene rings is 1. The number of aromatic carboxylic acids is 1. The van der Waals surface area contributed by atoms with Crippen LogP contribution in [-0.4, -0.2) is 33.9 Å². The number of rotatable bonds is 3. The van der Waals surface area contributed by atoms with Crippen molar-refractivity contribution in [3.05, 3.63) is 28.8 Å². The Bertz CT molecular complexity index is 650. The summed E-state index contributed by atoms with van der Waals surface area (Å²) in [5.74, 6) is -1.66. The zero-order chi connectivity index (χ0) is 18.4. The fraction of sp³-hybridized carbons (Fsp3) is 0.417. The third-order valence-corrected chi connectivity index (χ3v) is 4.18. The molecule has 0 aromatic heterocycles. The molecule has 0 heterocycles. The average molecular weight is 366 g/mol. The van der Waals surface area contributed by atoms with Crippen molar-refractivity contribution in [3.8, 4) is 0 Å². The molecule has 1 N–H and O–H groups in total. The van der Waals surface area contributed by atoms with E-state index < -0.39 is 56.4 Å². The Morgan fingerprint density at radius 1 is 1.04 bits per heavy atom. The van der Waals surface area contributed by atoms with E-state index in [2.05, 4.69) is 0 Å². The first-order valence-electron chi connectivity index (χ1n) is 5.69. The fourth-order valence-corrected chi connectivity index (χ4v) is 3.09. The molecular formula is C12H9F7O3S. The number of carboxylic acid groups (broad SMARTS) is 1. The molecule has 0 fully saturated rings. The highest BCUT2D eigenvalue weighted by atomic mass is 32.2. The maximum Gasteiger partial charge on any atom is 0.435 e. The molecule has 23 heavy (non-hydrogen) atoms. The molecule has 1 aromatic carbocycles. The van der Waals surface area contributed by atoms with Crippen LogP contribution in [0.15, 0.2) is 17.0 Å². The quantitative estimate of drug-likeness (QED) is 0.830. The van der Waals surface area contributed by atoms with Crippen molar-refractivity contribution in [2.75, 3.05) is 6.26 Å². The highest BCUT2D eigenvalue weighted by Crippen LogP contribution is 2.54. The normalized spacial score (nSPS) is 14.7. The van der Waals surface area contributed by atoms with Gasteiger partial charge < -0.3 is 5.11 Å². The van der Waals surface area contributed by atoms with Crippen molar-refractivity contribution in [1.29, 1.82) is 0 Å². The zero-order valence-corrected chi connectivity index (χ0v) is 12.3. The lowest BCUT2D eigenvalue weighted by Crippen LogP contribution is -2.51. The molecule has 0 bridgehead atoms. The van der Waals surface area contributed by atoms with Crippen LogP contribution in [0, 0.1) is 6.92 Å². The largest absolute Gasteiger partial charge is 0.478 e. The average Bonchev–Trinajstić information content (AvgIpc) is 2.33. The lowest BCUT2D eigenvalue weighted by molar-refractivity contribution is -0.349. The van der Waals surface area contributed by atoms with Crippen LogP contribution in [0.5, 0.6) is 0 Å². The van der Waals surface area contributed by atoms with Gasteiger partial charge in [-0.3, -0.25) is 4.21 Å². The highest BCUT2D eigenvalue weighted by molar-refractivity contribution is 7.84. The summed E-state index contributed by atoms with van der Waals surface area (Å²) in [5, 5.41) is 8.85. The van der Waals surface area contributed by atoms with Crippen LogP contribution in [0.4, 0.5) is 30.7 Å². The second-order valence-electron chi connectivity index (χ2n) is 4.53. The Morgan fingerprint density at radius 2 is 1.48 bits per heavy atom. The van der Waals surface area contributed by atoms with E-state index in [1.54, 1.807) is 0 Å². The predicted molar refractivity (Wildman–Crippen MR) is 65.4 cm³/mol. The second-order valence-corrected chi connectivity index (χ2v) is 5.84. The van der Waals surface area contributed by atoms with Gasteiger partial charge in [-0.25, -0.2) is 9.18 Å². The van der Waals surface area contributed by atoms with Crippen molar-refractivity contribution in [2.24, 2.45) is 0 Å². The van der Waals surface area contributed by atoms with Crippen LogP contribution in [0.25, 0.3) is 0 Å². The summed E-state index contributed by atoms with van der Waals surface area (Å²) >= 11 is 0. The summed E-state index contributed by atoms with van der Waals surface area (Å²) in [4.78, 5) is 9.76. The van der Waals surface area contributed by atoms with Crippen molar-refractivity contribution in [1.82, 2.24) is 0 Å². The first kappa shape index (κ1) is 19.4. The van der Waals surface area contributed by atoms with E-state index in [1.165, 1.54) is 0 Å². The second kappa shape index (κ2) is 5.77. The molecule has 1 aromatic rings. The van der Waals surface area contributed by atoms with Crippen LogP contribution in [0.2, 0.25) is 0 Å². The molecule has 3 nitrogen and oxygen atoms in total. The van der Waals surface area contributed by atoms with Crippen molar-refractivity contribution in [2.45, 2.75) is 29.8 Å². The number of halogens is 7. The third-order valence-electron chi connectivity index (χ3n) is 3.08. The summed E-state index contributed by atoms with van der Waals surface area (Å²) in [7, 11) is -2.50. The van der Waals surface area contributed by atoms with Gasteiger partial charge in [0.25, 0.3) is 0 Å². The number of carboxylic acids is 1. The molecule has 0 aliphatic rings. The van der Waals surface area contributed by atoms with Gasteiger partial charge in [0.05, 0.1) is 16.4 Å². The van der Waals surface area contributed by atoms with E-state index >= 15 is 0 Å². The molecule has 0 saturated carbocycles. The summed E-state index contributed by atoms with van der Waals surface area (Å²) in [5.41, 5.74) is -9.01. The number of hydrogen-bond acceptors (Lipinski definition) is 2. The minimum atomic E-state index is -6.38.